The molecule has 76 valence electrons. The van der Waals surface area contributed by atoms with Crippen molar-refractivity contribution in [2.45, 2.75) is 6.42 Å². The van der Waals surface area contributed by atoms with Gasteiger partial charge in [-0.3, -0.25) is 9.78 Å². The van der Waals surface area contributed by atoms with Gasteiger partial charge < -0.3 is 4.90 Å². The molecule has 0 unspecified atom stereocenters. The van der Waals surface area contributed by atoms with Crippen molar-refractivity contribution in [2.24, 2.45) is 0 Å². The lowest BCUT2D eigenvalue weighted by molar-refractivity contribution is 0.0795. The molecule has 0 aliphatic carbocycles. The van der Waals surface area contributed by atoms with Crippen molar-refractivity contribution in [1.29, 1.82) is 0 Å². The van der Waals surface area contributed by atoms with E-state index in [0.29, 0.717) is 5.56 Å². The highest BCUT2D eigenvalue weighted by molar-refractivity contribution is 9.09. The fraction of sp³-hybridized carbons (Fsp3) is 0.400. The molecule has 0 atom stereocenters. The number of carbonyl (C=O) groups excluding carboxylic acids is 1. The second-order valence-corrected chi connectivity index (χ2v) is 3.80. The summed E-state index contributed by atoms with van der Waals surface area (Å²) in [6.45, 7) is 0.763. The number of carbonyl (C=O) groups is 1. The minimum Gasteiger partial charge on any atom is -0.342 e. The molecule has 1 amide bonds. The first-order valence-corrected chi connectivity index (χ1v) is 5.59. The Morgan fingerprint density at radius 2 is 2.43 bits per heavy atom. The molecule has 0 spiro atoms. The zero-order valence-electron chi connectivity index (χ0n) is 8.11. The number of halogens is 1. The SMILES string of the molecule is CN(CCCBr)C(=O)c1cccnc1. The lowest BCUT2D eigenvalue weighted by Crippen LogP contribution is -2.27. The molecule has 4 heteroatoms. The van der Waals surface area contributed by atoms with Crippen LogP contribution in [0.4, 0.5) is 0 Å². The molecule has 3 nitrogen and oxygen atoms in total. The van der Waals surface area contributed by atoms with Gasteiger partial charge in [0.1, 0.15) is 0 Å². The maximum atomic E-state index is 11.7. The molecule has 0 saturated heterocycles. The molecule has 0 aliphatic rings. The van der Waals surface area contributed by atoms with Crippen molar-refractivity contribution < 1.29 is 4.79 Å². The molecule has 0 fully saturated rings. The highest BCUT2D eigenvalue weighted by atomic mass is 79.9. The van der Waals surface area contributed by atoms with Crippen LogP contribution in [0.3, 0.4) is 0 Å². The third kappa shape index (κ3) is 3.10. The first kappa shape index (κ1) is 11.2. The summed E-state index contributed by atoms with van der Waals surface area (Å²) in [6.07, 6.45) is 4.21. The van der Waals surface area contributed by atoms with Crippen LogP contribution in [0.2, 0.25) is 0 Å². The number of nitrogens with zero attached hydrogens (tertiary/aromatic N) is 2. The fourth-order valence-electron chi connectivity index (χ4n) is 1.11. The normalized spacial score (nSPS) is 9.86. The van der Waals surface area contributed by atoms with Crippen LogP contribution in [0.15, 0.2) is 24.5 Å². The summed E-state index contributed by atoms with van der Waals surface area (Å²) in [5.41, 5.74) is 0.643. The third-order valence-corrected chi connectivity index (χ3v) is 2.44. The van der Waals surface area contributed by atoms with Crippen molar-refractivity contribution in [3.8, 4) is 0 Å². The topological polar surface area (TPSA) is 33.2 Å². The molecule has 0 aliphatic heterocycles. The minimum atomic E-state index is 0.0269. The van der Waals surface area contributed by atoms with Gasteiger partial charge in [-0.15, -0.1) is 0 Å². The lowest BCUT2D eigenvalue weighted by atomic mass is 10.2. The number of hydrogen-bond donors (Lipinski definition) is 0. The van der Waals surface area contributed by atoms with E-state index in [9.17, 15) is 4.79 Å². The Morgan fingerprint density at radius 1 is 1.64 bits per heavy atom. The van der Waals surface area contributed by atoms with E-state index in [1.165, 1.54) is 0 Å². The first-order valence-electron chi connectivity index (χ1n) is 4.47. The van der Waals surface area contributed by atoms with Gasteiger partial charge in [0.2, 0.25) is 0 Å². The number of hydrogen-bond acceptors (Lipinski definition) is 2. The van der Waals surface area contributed by atoms with Crippen LogP contribution >= 0.6 is 15.9 Å². The van der Waals surface area contributed by atoms with E-state index in [1.54, 1.807) is 36.5 Å². The smallest absolute Gasteiger partial charge is 0.255 e. The Morgan fingerprint density at radius 3 is 3.00 bits per heavy atom. The summed E-state index contributed by atoms with van der Waals surface area (Å²) in [5.74, 6) is 0.0269. The molecule has 0 aromatic carbocycles. The van der Waals surface area contributed by atoms with E-state index in [0.717, 1.165) is 18.3 Å². The van der Waals surface area contributed by atoms with Gasteiger partial charge in [0.15, 0.2) is 0 Å². The van der Waals surface area contributed by atoms with Crippen LogP contribution in [0.25, 0.3) is 0 Å². The molecule has 14 heavy (non-hydrogen) atoms. The number of alkyl halides is 1. The third-order valence-electron chi connectivity index (χ3n) is 1.88. The van der Waals surface area contributed by atoms with E-state index in [1.807, 2.05) is 0 Å². The predicted molar refractivity (Wildman–Crippen MR) is 59.6 cm³/mol. The summed E-state index contributed by atoms with van der Waals surface area (Å²) in [4.78, 5) is 17.3. The van der Waals surface area contributed by atoms with Gasteiger partial charge in [-0.05, 0) is 18.6 Å². The quantitative estimate of drug-likeness (QED) is 0.772. The molecule has 0 N–H and O–H groups in total. The zero-order valence-corrected chi connectivity index (χ0v) is 9.70. The van der Waals surface area contributed by atoms with Crippen LogP contribution < -0.4 is 0 Å². The second kappa shape index (κ2) is 5.75. The van der Waals surface area contributed by atoms with Crippen molar-refractivity contribution >= 4 is 21.8 Å². The Bertz CT molecular complexity index is 289. The monoisotopic (exact) mass is 256 g/mol. The van der Waals surface area contributed by atoms with Crippen LogP contribution in [-0.4, -0.2) is 34.7 Å². The first-order chi connectivity index (χ1) is 6.75. The van der Waals surface area contributed by atoms with Crippen molar-refractivity contribution in [1.82, 2.24) is 9.88 Å². The van der Waals surface area contributed by atoms with Gasteiger partial charge in [0, 0.05) is 31.3 Å². The molecule has 1 aromatic rings. The van der Waals surface area contributed by atoms with E-state index in [4.69, 9.17) is 0 Å². The highest BCUT2D eigenvalue weighted by Gasteiger charge is 2.10. The zero-order chi connectivity index (χ0) is 10.4. The Hall–Kier alpha value is -0.900. The van der Waals surface area contributed by atoms with Crippen LogP contribution in [0.1, 0.15) is 16.8 Å². The summed E-state index contributed by atoms with van der Waals surface area (Å²) in [5, 5.41) is 0.914. The van der Waals surface area contributed by atoms with Gasteiger partial charge in [-0.1, -0.05) is 15.9 Å². The molecular formula is C10H13BrN2O. The largest absolute Gasteiger partial charge is 0.342 e. The minimum absolute atomic E-state index is 0.0269. The maximum absolute atomic E-state index is 11.7. The van der Waals surface area contributed by atoms with Gasteiger partial charge in [0.25, 0.3) is 5.91 Å². The highest BCUT2D eigenvalue weighted by Crippen LogP contribution is 2.02. The standard InChI is InChI=1S/C10H13BrN2O/c1-13(7-3-5-11)10(14)9-4-2-6-12-8-9/h2,4,6,8H,3,5,7H2,1H3. The van der Waals surface area contributed by atoms with Gasteiger partial charge >= 0.3 is 0 Å². The van der Waals surface area contributed by atoms with Crippen LogP contribution in [0, 0.1) is 0 Å². The van der Waals surface area contributed by atoms with Gasteiger partial charge in [0.05, 0.1) is 5.56 Å². The molecule has 0 radical (unpaired) electrons. The summed E-state index contributed by atoms with van der Waals surface area (Å²) >= 11 is 3.33. The Kier molecular flexibility index (Phi) is 4.59. The molecule has 1 aromatic heterocycles. The summed E-state index contributed by atoms with van der Waals surface area (Å²) < 4.78 is 0. The summed E-state index contributed by atoms with van der Waals surface area (Å²) in [6, 6.07) is 3.55. The molecule has 1 rings (SSSR count). The second-order valence-electron chi connectivity index (χ2n) is 3.01. The van der Waals surface area contributed by atoms with E-state index in [-0.39, 0.29) is 5.91 Å². The van der Waals surface area contributed by atoms with Crippen molar-refractivity contribution in [3.05, 3.63) is 30.1 Å². The van der Waals surface area contributed by atoms with Crippen molar-refractivity contribution in [3.63, 3.8) is 0 Å². The number of pyridine rings is 1. The number of amides is 1. The van der Waals surface area contributed by atoms with E-state index in [2.05, 4.69) is 20.9 Å². The molecule has 0 saturated carbocycles. The predicted octanol–water partition coefficient (Wildman–Crippen LogP) is 1.94. The number of aromatic nitrogens is 1. The molecule has 0 bridgehead atoms. The fourth-order valence-corrected chi connectivity index (χ4v) is 1.36. The van der Waals surface area contributed by atoms with E-state index < -0.39 is 0 Å². The van der Waals surface area contributed by atoms with Crippen LogP contribution in [0.5, 0.6) is 0 Å². The molecular weight excluding hydrogens is 244 g/mol. The summed E-state index contributed by atoms with van der Waals surface area (Å²) in [7, 11) is 1.80. The van der Waals surface area contributed by atoms with E-state index >= 15 is 0 Å². The maximum Gasteiger partial charge on any atom is 0.255 e. The average Bonchev–Trinajstić information content (AvgIpc) is 2.26. The van der Waals surface area contributed by atoms with Crippen molar-refractivity contribution in [2.75, 3.05) is 18.9 Å². The molecule has 1 heterocycles. The Labute approximate surface area is 92.3 Å². The Balaban J connectivity index is 2.57. The van der Waals surface area contributed by atoms with Gasteiger partial charge in [-0.2, -0.15) is 0 Å². The van der Waals surface area contributed by atoms with Gasteiger partial charge in [-0.25, -0.2) is 0 Å². The number of rotatable bonds is 4. The van der Waals surface area contributed by atoms with Crippen LogP contribution in [-0.2, 0) is 0 Å². The lowest BCUT2D eigenvalue weighted by Gasteiger charge is -2.15. The average molecular weight is 257 g/mol.